The van der Waals surface area contributed by atoms with E-state index < -0.39 is 0 Å². The van der Waals surface area contributed by atoms with E-state index in [1.807, 2.05) is 0 Å². The Kier molecular flexibility index (Phi) is 5.46. The highest BCUT2D eigenvalue weighted by Gasteiger charge is 2.08. The van der Waals surface area contributed by atoms with Crippen molar-refractivity contribution in [1.29, 1.82) is 0 Å². The molecule has 0 radical (unpaired) electrons. The van der Waals surface area contributed by atoms with Gasteiger partial charge < -0.3 is 10.1 Å². The van der Waals surface area contributed by atoms with E-state index in [-0.39, 0.29) is 11.4 Å². The van der Waals surface area contributed by atoms with Crippen LogP contribution in [0.25, 0.3) is 0 Å². The summed E-state index contributed by atoms with van der Waals surface area (Å²) in [7, 11) is 1.57. The molecule has 2 aromatic rings. The lowest BCUT2D eigenvalue weighted by atomic mass is 10.2. The minimum Gasteiger partial charge on any atom is -0.383 e. The average molecular weight is 356 g/mol. The Hall–Kier alpha value is -1.73. The van der Waals surface area contributed by atoms with Gasteiger partial charge in [-0.05, 0) is 33.6 Å². The summed E-state index contributed by atoms with van der Waals surface area (Å²) in [6.07, 6.45) is 1.57. The maximum absolute atomic E-state index is 12.8. The molecule has 1 N–H and O–H groups in total. The number of nitrogens with zero attached hydrogens (tertiary/aromatic N) is 2. The number of rotatable bonds is 6. The molecule has 0 aliphatic carbocycles. The van der Waals surface area contributed by atoms with Crippen LogP contribution in [0.15, 0.2) is 39.7 Å². The fourth-order valence-electron chi connectivity index (χ4n) is 1.72. The van der Waals surface area contributed by atoms with Crippen LogP contribution in [0.5, 0.6) is 0 Å². The van der Waals surface area contributed by atoms with Crippen LogP contribution >= 0.6 is 15.9 Å². The van der Waals surface area contributed by atoms with E-state index >= 15 is 0 Å². The van der Waals surface area contributed by atoms with E-state index in [0.717, 1.165) is 5.56 Å². The van der Waals surface area contributed by atoms with Crippen molar-refractivity contribution in [3.63, 3.8) is 0 Å². The van der Waals surface area contributed by atoms with Crippen LogP contribution in [-0.2, 0) is 17.8 Å². The van der Waals surface area contributed by atoms with Gasteiger partial charge in [-0.15, -0.1) is 0 Å². The third-order valence-corrected chi connectivity index (χ3v) is 3.65. The number of hydrogen-bond acceptors (Lipinski definition) is 4. The molecule has 112 valence electrons. The van der Waals surface area contributed by atoms with Crippen molar-refractivity contribution in [2.45, 2.75) is 13.1 Å². The van der Waals surface area contributed by atoms with E-state index in [0.29, 0.717) is 29.9 Å². The van der Waals surface area contributed by atoms with Crippen molar-refractivity contribution in [1.82, 2.24) is 9.78 Å². The molecule has 0 atom stereocenters. The lowest BCUT2D eigenvalue weighted by Gasteiger charge is -2.10. The summed E-state index contributed by atoms with van der Waals surface area (Å²) in [5, 5.41) is 7.17. The molecule has 0 unspecified atom stereocenters. The van der Waals surface area contributed by atoms with E-state index in [9.17, 15) is 9.18 Å². The maximum atomic E-state index is 12.8. The van der Waals surface area contributed by atoms with Gasteiger partial charge in [-0.3, -0.25) is 4.79 Å². The second kappa shape index (κ2) is 7.33. The van der Waals surface area contributed by atoms with Crippen molar-refractivity contribution in [3.8, 4) is 0 Å². The summed E-state index contributed by atoms with van der Waals surface area (Å²) in [4.78, 5) is 12.1. The Balaban J connectivity index is 2.08. The van der Waals surface area contributed by atoms with Gasteiger partial charge >= 0.3 is 0 Å². The number of anilines is 1. The van der Waals surface area contributed by atoms with E-state index in [4.69, 9.17) is 4.74 Å². The monoisotopic (exact) mass is 355 g/mol. The summed E-state index contributed by atoms with van der Waals surface area (Å²) in [6, 6.07) is 6.16. The Morgan fingerprint density at radius 3 is 2.76 bits per heavy atom. The molecule has 21 heavy (non-hydrogen) atoms. The minimum atomic E-state index is -0.276. The Bertz CT molecular complexity index is 658. The highest BCUT2D eigenvalue weighted by molar-refractivity contribution is 9.10. The van der Waals surface area contributed by atoms with Crippen LogP contribution in [0, 0.1) is 5.82 Å². The number of ether oxygens (including phenoxy) is 1. The van der Waals surface area contributed by atoms with Crippen molar-refractivity contribution >= 4 is 21.6 Å². The molecule has 2 rings (SSSR count). The number of halogens is 2. The highest BCUT2D eigenvalue weighted by Crippen LogP contribution is 2.17. The summed E-state index contributed by atoms with van der Waals surface area (Å²) >= 11 is 3.27. The largest absolute Gasteiger partial charge is 0.383 e. The second-order valence-electron chi connectivity index (χ2n) is 4.37. The molecule has 1 aromatic heterocycles. The molecule has 0 saturated carbocycles. The highest BCUT2D eigenvalue weighted by atomic mass is 79.9. The van der Waals surface area contributed by atoms with E-state index in [1.165, 1.54) is 16.8 Å². The summed E-state index contributed by atoms with van der Waals surface area (Å²) in [5.41, 5.74) is 1.28. The Labute approximate surface area is 129 Å². The first kappa shape index (κ1) is 15.7. The first-order valence-electron chi connectivity index (χ1n) is 6.34. The third-order valence-electron chi connectivity index (χ3n) is 2.89. The summed E-state index contributed by atoms with van der Waals surface area (Å²) in [5.74, 6) is -0.276. The molecule has 5 nitrogen and oxygen atoms in total. The first-order valence-corrected chi connectivity index (χ1v) is 7.14. The van der Waals surface area contributed by atoms with Crippen molar-refractivity contribution in [2.75, 3.05) is 19.0 Å². The predicted octanol–water partition coefficient (Wildman–Crippen LogP) is 2.40. The van der Waals surface area contributed by atoms with Gasteiger partial charge in [0.1, 0.15) is 10.3 Å². The molecule has 0 aliphatic rings. The van der Waals surface area contributed by atoms with Crippen LogP contribution in [-0.4, -0.2) is 23.5 Å². The zero-order valence-corrected chi connectivity index (χ0v) is 13.1. The smallest absolute Gasteiger partial charge is 0.283 e. The molecule has 0 bridgehead atoms. The molecule has 1 aromatic carbocycles. The molecule has 1 heterocycles. The number of nitrogens with one attached hydrogen (secondary N) is 1. The van der Waals surface area contributed by atoms with Crippen molar-refractivity contribution in [3.05, 3.63) is 56.7 Å². The van der Waals surface area contributed by atoms with Gasteiger partial charge in [-0.2, -0.15) is 5.10 Å². The average Bonchev–Trinajstić information content (AvgIpc) is 2.49. The van der Waals surface area contributed by atoms with Crippen LogP contribution in [0.1, 0.15) is 5.56 Å². The van der Waals surface area contributed by atoms with E-state index in [1.54, 1.807) is 25.4 Å². The molecule has 0 fully saturated rings. The Morgan fingerprint density at radius 1 is 1.38 bits per heavy atom. The van der Waals surface area contributed by atoms with Gasteiger partial charge in [0.15, 0.2) is 0 Å². The minimum absolute atomic E-state index is 0.226. The van der Waals surface area contributed by atoms with Gasteiger partial charge in [0.25, 0.3) is 5.56 Å². The van der Waals surface area contributed by atoms with Crippen LogP contribution in [0.3, 0.4) is 0 Å². The van der Waals surface area contributed by atoms with Crippen LogP contribution in [0.2, 0.25) is 0 Å². The van der Waals surface area contributed by atoms with Crippen LogP contribution < -0.4 is 10.9 Å². The molecule has 0 amide bonds. The molecule has 0 saturated heterocycles. The lowest BCUT2D eigenvalue weighted by Crippen LogP contribution is -2.26. The van der Waals surface area contributed by atoms with Gasteiger partial charge in [0.2, 0.25) is 0 Å². The van der Waals surface area contributed by atoms with Gasteiger partial charge in [-0.25, -0.2) is 9.07 Å². The fourth-order valence-corrected chi connectivity index (χ4v) is 2.17. The van der Waals surface area contributed by atoms with Gasteiger partial charge in [-0.1, -0.05) is 12.1 Å². The lowest BCUT2D eigenvalue weighted by molar-refractivity contribution is 0.181. The molecular formula is C14H15BrFN3O2. The number of hydrogen-bond donors (Lipinski definition) is 1. The van der Waals surface area contributed by atoms with Gasteiger partial charge in [0, 0.05) is 13.7 Å². The summed E-state index contributed by atoms with van der Waals surface area (Å²) < 4.78 is 19.5. The zero-order chi connectivity index (χ0) is 15.2. The standard InChI is InChI=1S/C14H15BrFN3O2/c1-21-7-6-19-14(20)13(15)12(9-18-19)17-8-10-2-4-11(16)5-3-10/h2-5,9,17H,6-8H2,1H3. The van der Waals surface area contributed by atoms with Gasteiger partial charge in [0.05, 0.1) is 25.0 Å². The Morgan fingerprint density at radius 2 is 2.10 bits per heavy atom. The maximum Gasteiger partial charge on any atom is 0.283 e. The quantitative estimate of drug-likeness (QED) is 0.864. The van der Waals surface area contributed by atoms with Crippen LogP contribution in [0.4, 0.5) is 10.1 Å². The zero-order valence-electron chi connectivity index (χ0n) is 11.5. The normalized spacial score (nSPS) is 10.6. The summed E-state index contributed by atoms with van der Waals surface area (Å²) in [6.45, 7) is 1.29. The number of benzene rings is 1. The molecular weight excluding hydrogens is 341 g/mol. The second-order valence-corrected chi connectivity index (χ2v) is 5.17. The fraction of sp³-hybridized carbons (Fsp3) is 0.286. The topological polar surface area (TPSA) is 56.1 Å². The van der Waals surface area contributed by atoms with E-state index in [2.05, 4.69) is 26.3 Å². The van der Waals surface area contributed by atoms with Crippen molar-refractivity contribution < 1.29 is 9.13 Å². The number of methoxy groups -OCH3 is 1. The molecule has 7 heteroatoms. The molecule has 0 spiro atoms. The third kappa shape index (κ3) is 4.12. The first-order chi connectivity index (χ1) is 10.1. The SMILES string of the molecule is COCCn1ncc(NCc2ccc(F)cc2)c(Br)c1=O. The predicted molar refractivity (Wildman–Crippen MR) is 81.8 cm³/mol. The number of aromatic nitrogens is 2. The van der Waals surface area contributed by atoms with Crippen molar-refractivity contribution in [2.24, 2.45) is 0 Å². The molecule has 0 aliphatic heterocycles.